The van der Waals surface area contributed by atoms with Crippen LogP contribution >= 0.6 is 12.2 Å². The molecule has 1 aliphatic carbocycles. The summed E-state index contributed by atoms with van der Waals surface area (Å²) >= 11 is 5.01. The van der Waals surface area contributed by atoms with Crippen molar-refractivity contribution in [2.45, 2.75) is 50.7 Å². The molecule has 2 atom stereocenters. The van der Waals surface area contributed by atoms with Gasteiger partial charge in [-0.15, -0.1) is 0 Å². The fourth-order valence-electron chi connectivity index (χ4n) is 2.53. The van der Waals surface area contributed by atoms with E-state index < -0.39 is 0 Å². The summed E-state index contributed by atoms with van der Waals surface area (Å²) in [4.78, 5) is 15.0. The first-order chi connectivity index (χ1) is 9.11. The predicted molar refractivity (Wildman–Crippen MR) is 78.0 cm³/mol. The zero-order valence-electron chi connectivity index (χ0n) is 11.4. The Morgan fingerprint density at radius 1 is 1.58 bits per heavy atom. The molecule has 108 valence electrons. The molecule has 1 amide bonds. The van der Waals surface area contributed by atoms with Gasteiger partial charge in [0.1, 0.15) is 6.04 Å². The summed E-state index contributed by atoms with van der Waals surface area (Å²) in [6.45, 7) is 4.01. The number of ether oxygens (including phenoxy) is 1. The van der Waals surface area contributed by atoms with Crippen LogP contribution in [0.15, 0.2) is 0 Å². The van der Waals surface area contributed by atoms with E-state index in [-0.39, 0.29) is 18.0 Å². The number of nitrogens with zero attached hydrogens (tertiary/aromatic N) is 1. The molecule has 1 aliphatic heterocycles. The Morgan fingerprint density at radius 3 is 2.89 bits per heavy atom. The van der Waals surface area contributed by atoms with Crippen molar-refractivity contribution in [3.8, 4) is 0 Å². The number of morpholine rings is 1. The van der Waals surface area contributed by atoms with Crippen molar-refractivity contribution in [3.63, 3.8) is 0 Å². The summed E-state index contributed by atoms with van der Waals surface area (Å²) in [6.07, 6.45) is 3.80. The van der Waals surface area contributed by atoms with E-state index in [4.69, 9.17) is 22.7 Å². The molecule has 2 fully saturated rings. The Morgan fingerprint density at radius 2 is 2.32 bits per heavy atom. The van der Waals surface area contributed by atoms with Crippen LogP contribution in [0.25, 0.3) is 0 Å². The topological polar surface area (TPSA) is 67.6 Å². The van der Waals surface area contributed by atoms with E-state index in [0.29, 0.717) is 30.7 Å². The molecule has 19 heavy (non-hydrogen) atoms. The molecule has 1 saturated heterocycles. The molecule has 0 bridgehead atoms. The highest BCUT2D eigenvalue weighted by Gasteiger charge is 2.36. The molecule has 0 spiro atoms. The predicted octanol–water partition coefficient (Wildman–Crippen LogP) is 0.421. The van der Waals surface area contributed by atoms with Gasteiger partial charge in [0.2, 0.25) is 5.91 Å². The van der Waals surface area contributed by atoms with Crippen molar-refractivity contribution in [1.29, 1.82) is 0 Å². The number of amides is 1. The van der Waals surface area contributed by atoms with Gasteiger partial charge in [-0.25, -0.2) is 0 Å². The van der Waals surface area contributed by atoms with Gasteiger partial charge in [-0.05, 0) is 19.3 Å². The summed E-state index contributed by atoms with van der Waals surface area (Å²) in [7, 11) is 0. The first-order valence-electron chi connectivity index (χ1n) is 7.04. The van der Waals surface area contributed by atoms with E-state index in [0.717, 1.165) is 25.8 Å². The van der Waals surface area contributed by atoms with Gasteiger partial charge < -0.3 is 15.8 Å². The Labute approximate surface area is 119 Å². The maximum absolute atomic E-state index is 12.3. The summed E-state index contributed by atoms with van der Waals surface area (Å²) < 4.78 is 5.47. The van der Waals surface area contributed by atoms with Crippen LogP contribution in [0.3, 0.4) is 0 Å². The first kappa shape index (κ1) is 14.7. The molecule has 2 unspecified atom stereocenters. The largest absolute Gasteiger partial charge is 0.393 e. The van der Waals surface area contributed by atoms with Crippen LogP contribution in [0.1, 0.15) is 32.6 Å². The van der Waals surface area contributed by atoms with Crippen LogP contribution < -0.4 is 11.1 Å². The number of carbonyl (C=O) groups is 1. The van der Waals surface area contributed by atoms with E-state index in [2.05, 4.69) is 17.1 Å². The number of rotatable bonds is 6. The van der Waals surface area contributed by atoms with Gasteiger partial charge >= 0.3 is 0 Å². The molecular formula is C13H23N3O2S. The minimum Gasteiger partial charge on any atom is -0.393 e. The molecular weight excluding hydrogens is 262 g/mol. The molecule has 0 aromatic carbocycles. The number of nitrogens with two attached hydrogens (primary N) is 1. The highest BCUT2D eigenvalue weighted by molar-refractivity contribution is 7.80. The van der Waals surface area contributed by atoms with Crippen LogP contribution in [0.5, 0.6) is 0 Å². The molecule has 2 rings (SSSR count). The Hall–Kier alpha value is -0.720. The van der Waals surface area contributed by atoms with Crippen LogP contribution in [0.2, 0.25) is 0 Å². The van der Waals surface area contributed by atoms with Gasteiger partial charge in [-0.1, -0.05) is 19.1 Å². The lowest BCUT2D eigenvalue weighted by Gasteiger charge is -2.39. The normalized spacial score (nSPS) is 25.8. The second-order valence-corrected chi connectivity index (χ2v) is 5.87. The minimum absolute atomic E-state index is 0.0867. The third kappa shape index (κ3) is 4.12. The zero-order valence-corrected chi connectivity index (χ0v) is 12.2. The van der Waals surface area contributed by atoms with Gasteiger partial charge in [-0.2, -0.15) is 0 Å². The molecule has 0 aromatic rings. The number of hydrogen-bond acceptors (Lipinski definition) is 4. The maximum Gasteiger partial charge on any atom is 0.239 e. The molecule has 6 heteroatoms. The summed E-state index contributed by atoms with van der Waals surface area (Å²) in [6, 6.07) is 0.414. The number of hydrogen-bond donors (Lipinski definition) is 2. The molecule has 5 nitrogen and oxygen atoms in total. The minimum atomic E-state index is -0.200. The van der Waals surface area contributed by atoms with Crippen molar-refractivity contribution in [1.82, 2.24) is 10.2 Å². The van der Waals surface area contributed by atoms with E-state index in [1.165, 1.54) is 0 Å². The number of carbonyl (C=O) groups excluding carboxylic acids is 1. The van der Waals surface area contributed by atoms with Gasteiger partial charge in [0.15, 0.2) is 0 Å². The molecule has 1 heterocycles. The second-order valence-electron chi connectivity index (χ2n) is 5.34. The second kappa shape index (κ2) is 6.63. The summed E-state index contributed by atoms with van der Waals surface area (Å²) in [5.74, 6) is 0.0867. The van der Waals surface area contributed by atoms with Gasteiger partial charge in [0.25, 0.3) is 0 Å². The third-order valence-corrected chi connectivity index (χ3v) is 3.94. The Bertz CT molecular complexity index is 347. The van der Waals surface area contributed by atoms with Crippen molar-refractivity contribution in [3.05, 3.63) is 0 Å². The van der Waals surface area contributed by atoms with E-state index in [1.54, 1.807) is 0 Å². The number of thiocarbonyl (C=S) groups is 1. The van der Waals surface area contributed by atoms with Gasteiger partial charge in [0.05, 0.1) is 18.2 Å². The lowest BCUT2D eigenvalue weighted by Crippen LogP contribution is -2.57. The smallest absolute Gasteiger partial charge is 0.239 e. The Balaban J connectivity index is 2.00. The Kier molecular flexibility index (Phi) is 5.13. The van der Waals surface area contributed by atoms with Crippen LogP contribution in [0, 0.1) is 0 Å². The highest BCUT2D eigenvalue weighted by atomic mass is 32.1. The third-order valence-electron chi connectivity index (χ3n) is 3.77. The SMILES string of the molecule is CCC(CC(N)=S)N1CCOCC1C(=O)NC1CC1. The van der Waals surface area contributed by atoms with E-state index in [1.807, 2.05) is 0 Å². The molecule has 2 aliphatic rings. The quantitative estimate of drug-likeness (QED) is 0.692. The van der Waals surface area contributed by atoms with Crippen LogP contribution in [0.4, 0.5) is 0 Å². The summed E-state index contributed by atoms with van der Waals surface area (Å²) in [5, 5.41) is 3.06. The average molecular weight is 285 g/mol. The molecule has 0 aromatic heterocycles. The van der Waals surface area contributed by atoms with Crippen LogP contribution in [-0.2, 0) is 9.53 Å². The van der Waals surface area contributed by atoms with Gasteiger partial charge in [0, 0.05) is 25.0 Å². The number of nitrogens with one attached hydrogen (secondary N) is 1. The van der Waals surface area contributed by atoms with Crippen molar-refractivity contribution in [2.24, 2.45) is 5.73 Å². The fourth-order valence-corrected chi connectivity index (χ4v) is 2.73. The summed E-state index contributed by atoms with van der Waals surface area (Å²) in [5.41, 5.74) is 5.66. The first-order valence-corrected chi connectivity index (χ1v) is 7.44. The highest BCUT2D eigenvalue weighted by Crippen LogP contribution is 2.21. The van der Waals surface area contributed by atoms with Crippen molar-refractivity contribution in [2.75, 3.05) is 19.8 Å². The lowest BCUT2D eigenvalue weighted by molar-refractivity contribution is -0.134. The maximum atomic E-state index is 12.3. The molecule has 0 radical (unpaired) electrons. The molecule has 3 N–H and O–H groups in total. The molecule has 1 saturated carbocycles. The standard InChI is InChI=1S/C13H23N3O2S/c1-2-10(7-12(14)19)16-5-6-18-8-11(16)13(17)15-9-3-4-9/h9-11H,2-8H2,1H3,(H2,14,19)(H,15,17). The van der Waals surface area contributed by atoms with Gasteiger partial charge in [-0.3, -0.25) is 9.69 Å². The van der Waals surface area contributed by atoms with Crippen LogP contribution in [-0.4, -0.2) is 53.7 Å². The van der Waals surface area contributed by atoms with E-state index >= 15 is 0 Å². The average Bonchev–Trinajstić information content (AvgIpc) is 3.19. The fraction of sp³-hybridized carbons (Fsp3) is 0.846. The lowest BCUT2D eigenvalue weighted by atomic mass is 10.0. The van der Waals surface area contributed by atoms with E-state index in [9.17, 15) is 4.79 Å². The van der Waals surface area contributed by atoms with Crippen molar-refractivity contribution < 1.29 is 9.53 Å². The van der Waals surface area contributed by atoms with Crippen molar-refractivity contribution >= 4 is 23.1 Å². The monoisotopic (exact) mass is 285 g/mol. The zero-order chi connectivity index (χ0) is 13.8.